The van der Waals surface area contributed by atoms with Crippen LogP contribution in [-0.2, 0) is 14.4 Å². The molecule has 0 atom stereocenters. The largest absolute Gasteiger partial charge is 0.330 e. The van der Waals surface area contributed by atoms with E-state index in [1.54, 1.807) is 13.8 Å². The summed E-state index contributed by atoms with van der Waals surface area (Å²) in [7, 11) is 0. The first kappa shape index (κ1) is 15.9. The highest BCUT2D eigenvalue weighted by Crippen LogP contribution is 2.31. The lowest BCUT2D eigenvalue weighted by atomic mass is 9.80. The fourth-order valence-corrected chi connectivity index (χ4v) is 3.21. The van der Waals surface area contributed by atoms with Gasteiger partial charge in [-0.15, -0.1) is 0 Å². The van der Waals surface area contributed by atoms with Crippen LogP contribution in [0.3, 0.4) is 0 Å². The summed E-state index contributed by atoms with van der Waals surface area (Å²) in [6.07, 6.45) is 4.56. The van der Waals surface area contributed by atoms with Gasteiger partial charge in [-0.05, 0) is 57.9 Å². The Bertz CT molecular complexity index is 439. The summed E-state index contributed by atoms with van der Waals surface area (Å²) < 4.78 is 0. The number of nitrogens with one attached hydrogen (secondary N) is 1. The van der Waals surface area contributed by atoms with Crippen molar-refractivity contribution in [2.45, 2.75) is 51.5 Å². The standard InChI is InChI=1S/C15H25N3O3/c1-15(2)14(21)17-12(19)9-18(15)13(20)7-10-3-5-11(8-16)6-4-10/h10-11H,3-9,16H2,1-2H3,(H,17,19,21). The number of amides is 3. The molecule has 1 aliphatic heterocycles. The smallest absolute Gasteiger partial charge is 0.252 e. The van der Waals surface area contributed by atoms with Crippen LogP contribution in [-0.4, -0.2) is 41.2 Å². The van der Waals surface area contributed by atoms with Crippen molar-refractivity contribution in [3.63, 3.8) is 0 Å². The maximum absolute atomic E-state index is 12.5. The summed E-state index contributed by atoms with van der Waals surface area (Å²) in [5, 5.41) is 2.29. The van der Waals surface area contributed by atoms with E-state index in [1.807, 2.05) is 0 Å². The molecule has 0 aromatic carbocycles. The van der Waals surface area contributed by atoms with E-state index in [0.717, 1.165) is 25.7 Å². The van der Waals surface area contributed by atoms with Gasteiger partial charge in [0, 0.05) is 6.42 Å². The van der Waals surface area contributed by atoms with Crippen molar-refractivity contribution in [2.24, 2.45) is 17.6 Å². The Labute approximate surface area is 125 Å². The highest BCUT2D eigenvalue weighted by atomic mass is 16.2. The Morgan fingerprint density at radius 2 is 1.81 bits per heavy atom. The molecule has 1 aliphatic carbocycles. The summed E-state index contributed by atoms with van der Waals surface area (Å²) in [6, 6.07) is 0. The van der Waals surface area contributed by atoms with Gasteiger partial charge in [0.25, 0.3) is 5.91 Å². The molecule has 3 N–H and O–H groups in total. The molecule has 2 rings (SSSR count). The van der Waals surface area contributed by atoms with Gasteiger partial charge in [0.2, 0.25) is 11.8 Å². The molecule has 0 radical (unpaired) electrons. The Hall–Kier alpha value is -1.43. The van der Waals surface area contributed by atoms with Crippen LogP contribution in [0.1, 0.15) is 46.0 Å². The van der Waals surface area contributed by atoms with Crippen LogP contribution < -0.4 is 11.1 Å². The van der Waals surface area contributed by atoms with E-state index in [2.05, 4.69) is 5.32 Å². The van der Waals surface area contributed by atoms with E-state index < -0.39 is 17.4 Å². The minimum Gasteiger partial charge on any atom is -0.330 e. The number of hydrogen-bond acceptors (Lipinski definition) is 4. The van der Waals surface area contributed by atoms with Crippen LogP contribution in [0.2, 0.25) is 0 Å². The zero-order valence-electron chi connectivity index (χ0n) is 12.9. The number of nitrogens with two attached hydrogens (primary N) is 1. The SMILES string of the molecule is CC1(C)C(=O)NC(=O)CN1C(=O)CC1CCC(CN)CC1. The number of hydrogen-bond donors (Lipinski definition) is 2. The molecule has 1 heterocycles. The van der Waals surface area contributed by atoms with Crippen LogP contribution in [0.15, 0.2) is 0 Å². The highest BCUT2D eigenvalue weighted by molar-refractivity contribution is 6.06. The zero-order chi connectivity index (χ0) is 15.6. The second-order valence-electron chi connectivity index (χ2n) is 6.74. The quantitative estimate of drug-likeness (QED) is 0.737. The Morgan fingerprint density at radius 3 is 2.38 bits per heavy atom. The molecule has 0 bridgehead atoms. The molecule has 21 heavy (non-hydrogen) atoms. The number of rotatable bonds is 3. The molecule has 3 amide bonds. The second kappa shape index (κ2) is 6.13. The van der Waals surface area contributed by atoms with Gasteiger partial charge in [0.1, 0.15) is 12.1 Å². The molecule has 0 spiro atoms. The minimum absolute atomic E-state index is 0.0320. The Morgan fingerprint density at radius 1 is 1.24 bits per heavy atom. The lowest BCUT2D eigenvalue weighted by molar-refractivity contribution is -0.156. The summed E-state index contributed by atoms with van der Waals surface area (Å²) >= 11 is 0. The first-order valence-corrected chi connectivity index (χ1v) is 7.69. The van der Waals surface area contributed by atoms with Crippen molar-refractivity contribution in [1.82, 2.24) is 10.2 Å². The van der Waals surface area contributed by atoms with E-state index >= 15 is 0 Å². The lowest BCUT2D eigenvalue weighted by Gasteiger charge is -2.41. The number of piperazine rings is 1. The van der Waals surface area contributed by atoms with Crippen LogP contribution in [0.5, 0.6) is 0 Å². The fraction of sp³-hybridized carbons (Fsp3) is 0.800. The first-order chi connectivity index (χ1) is 9.84. The van der Waals surface area contributed by atoms with Crippen molar-refractivity contribution < 1.29 is 14.4 Å². The van der Waals surface area contributed by atoms with Crippen molar-refractivity contribution in [3.8, 4) is 0 Å². The number of nitrogens with zero attached hydrogens (tertiary/aromatic N) is 1. The predicted molar refractivity (Wildman–Crippen MR) is 78.1 cm³/mol. The van der Waals surface area contributed by atoms with Crippen LogP contribution >= 0.6 is 0 Å². The molecule has 1 saturated heterocycles. The average molecular weight is 295 g/mol. The average Bonchev–Trinajstić information content (AvgIpc) is 2.44. The summed E-state index contributed by atoms with van der Waals surface area (Å²) in [6.45, 7) is 4.04. The number of imide groups is 1. The number of carbonyl (C=O) groups excluding carboxylic acids is 3. The number of carbonyl (C=O) groups is 3. The van der Waals surface area contributed by atoms with Crippen LogP contribution in [0.25, 0.3) is 0 Å². The fourth-order valence-electron chi connectivity index (χ4n) is 3.21. The van der Waals surface area contributed by atoms with Gasteiger partial charge in [0.15, 0.2) is 0 Å². The van der Waals surface area contributed by atoms with Crippen molar-refractivity contribution >= 4 is 17.7 Å². The Balaban J connectivity index is 1.96. The molecular weight excluding hydrogens is 270 g/mol. The normalized spacial score (nSPS) is 29.2. The van der Waals surface area contributed by atoms with Crippen molar-refractivity contribution in [2.75, 3.05) is 13.1 Å². The van der Waals surface area contributed by atoms with E-state index in [9.17, 15) is 14.4 Å². The molecule has 6 nitrogen and oxygen atoms in total. The van der Waals surface area contributed by atoms with Gasteiger partial charge in [-0.25, -0.2) is 0 Å². The molecular formula is C15H25N3O3. The van der Waals surface area contributed by atoms with Gasteiger partial charge in [0.05, 0.1) is 0 Å². The molecule has 2 aliphatic rings. The molecule has 118 valence electrons. The lowest BCUT2D eigenvalue weighted by Crippen LogP contribution is -2.65. The third-order valence-corrected chi connectivity index (χ3v) is 4.85. The summed E-state index contributed by atoms with van der Waals surface area (Å²) in [4.78, 5) is 37.3. The van der Waals surface area contributed by atoms with Crippen molar-refractivity contribution in [1.29, 1.82) is 0 Å². The first-order valence-electron chi connectivity index (χ1n) is 7.69. The van der Waals surface area contributed by atoms with Gasteiger partial charge in [-0.2, -0.15) is 0 Å². The van der Waals surface area contributed by atoms with E-state index in [1.165, 1.54) is 4.90 Å². The third-order valence-electron chi connectivity index (χ3n) is 4.85. The maximum atomic E-state index is 12.5. The molecule has 0 aromatic heterocycles. The second-order valence-corrected chi connectivity index (χ2v) is 6.74. The molecule has 0 unspecified atom stereocenters. The van der Waals surface area contributed by atoms with Crippen LogP contribution in [0, 0.1) is 11.8 Å². The minimum atomic E-state index is -0.959. The molecule has 1 saturated carbocycles. The molecule has 0 aromatic rings. The van der Waals surface area contributed by atoms with Gasteiger partial charge in [-0.3, -0.25) is 19.7 Å². The maximum Gasteiger partial charge on any atom is 0.252 e. The zero-order valence-corrected chi connectivity index (χ0v) is 12.9. The summed E-state index contributed by atoms with van der Waals surface area (Å²) in [5.74, 6) is 0.0178. The predicted octanol–water partition coefficient (Wildman–Crippen LogP) is 0.405. The van der Waals surface area contributed by atoms with Gasteiger partial charge in [-0.1, -0.05) is 0 Å². The van der Waals surface area contributed by atoms with Crippen LogP contribution in [0.4, 0.5) is 0 Å². The van der Waals surface area contributed by atoms with Gasteiger partial charge >= 0.3 is 0 Å². The highest BCUT2D eigenvalue weighted by Gasteiger charge is 2.43. The van der Waals surface area contributed by atoms with E-state index in [4.69, 9.17) is 5.73 Å². The van der Waals surface area contributed by atoms with E-state index in [-0.39, 0.29) is 12.5 Å². The monoisotopic (exact) mass is 295 g/mol. The van der Waals surface area contributed by atoms with Gasteiger partial charge < -0.3 is 10.6 Å². The Kier molecular flexibility index (Phi) is 4.66. The van der Waals surface area contributed by atoms with Crippen molar-refractivity contribution in [3.05, 3.63) is 0 Å². The summed E-state index contributed by atoms with van der Waals surface area (Å²) in [5.41, 5.74) is 4.72. The van der Waals surface area contributed by atoms with E-state index in [0.29, 0.717) is 24.8 Å². The molecule has 6 heteroatoms. The third kappa shape index (κ3) is 3.43. The topological polar surface area (TPSA) is 92.5 Å². The molecule has 2 fully saturated rings.